The van der Waals surface area contributed by atoms with E-state index in [0.29, 0.717) is 35.9 Å². The van der Waals surface area contributed by atoms with Gasteiger partial charge in [-0.05, 0) is 73.2 Å². The lowest BCUT2D eigenvalue weighted by Crippen LogP contribution is -2.48. The summed E-state index contributed by atoms with van der Waals surface area (Å²) >= 11 is 0. The van der Waals surface area contributed by atoms with Crippen molar-refractivity contribution in [2.24, 2.45) is 4.99 Å². The second-order valence-electron chi connectivity index (χ2n) is 10.5. The fourth-order valence-corrected chi connectivity index (χ4v) is 6.94. The van der Waals surface area contributed by atoms with E-state index in [1.165, 1.54) is 6.42 Å². The zero-order chi connectivity index (χ0) is 28.0. The maximum absolute atomic E-state index is 13.5. The molecule has 0 spiro atoms. The number of pyridine rings is 1. The fraction of sp³-hybridized carbons (Fsp3) is 0.387. The third kappa shape index (κ3) is 6.59. The summed E-state index contributed by atoms with van der Waals surface area (Å²) < 4.78 is 29.7. The van der Waals surface area contributed by atoms with Gasteiger partial charge in [0, 0.05) is 62.6 Å². The van der Waals surface area contributed by atoms with Gasteiger partial charge in [0.15, 0.2) is 0 Å². The number of hydrogen-bond donors (Lipinski definition) is 1. The first-order chi connectivity index (χ1) is 19.4. The van der Waals surface area contributed by atoms with Crippen LogP contribution in [0, 0.1) is 0 Å². The summed E-state index contributed by atoms with van der Waals surface area (Å²) in [6, 6.07) is 16.1. The summed E-state index contributed by atoms with van der Waals surface area (Å²) in [5.41, 5.74) is 3.64. The van der Waals surface area contributed by atoms with Crippen LogP contribution in [0.2, 0.25) is 0 Å². The van der Waals surface area contributed by atoms with E-state index < -0.39 is 10.0 Å². The van der Waals surface area contributed by atoms with Gasteiger partial charge in [0.25, 0.3) is 15.9 Å². The van der Waals surface area contributed by atoms with Gasteiger partial charge in [-0.15, -0.1) is 0 Å². The zero-order valence-corrected chi connectivity index (χ0v) is 23.8. The highest BCUT2D eigenvalue weighted by atomic mass is 32.2. The van der Waals surface area contributed by atoms with Gasteiger partial charge in [-0.25, -0.2) is 8.42 Å². The lowest BCUT2D eigenvalue weighted by Gasteiger charge is -2.34. The van der Waals surface area contributed by atoms with E-state index in [4.69, 9.17) is 0 Å². The molecule has 2 heterocycles. The Morgan fingerprint density at radius 3 is 2.42 bits per heavy atom. The largest absolute Gasteiger partial charge is 0.336 e. The smallest absolute Gasteiger partial charge is 0.264 e. The summed E-state index contributed by atoms with van der Waals surface area (Å²) in [6.45, 7) is 5.50. The van der Waals surface area contributed by atoms with Crippen LogP contribution in [0.3, 0.4) is 0 Å². The Bertz CT molecular complexity index is 1430. The summed E-state index contributed by atoms with van der Waals surface area (Å²) in [5.74, 6) is 0.278. The van der Waals surface area contributed by atoms with Gasteiger partial charge in [0.1, 0.15) is 4.90 Å². The van der Waals surface area contributed by atoms with Gasteiger partial charge >= 0.3 is 0 Å². The van der Waals surface area contributed by atoms with E-state index in [9.17, 15) is 13.2 Å². The molecule has 5 rings (SSSR count). The molecular weight excluding hydrogens is 522 g/mol. The molecule has 2 aromatic carbocycles. The first-order valence-electron chi connectivity index (χ1n) is 14.1. The number of nitrogens with zero attached hydrogens (tertiary/aromatic N) is 4. The van der Waals surface area contributed by atoms with Crippen LogP contribution in [-0.2, 0) is 16.6 Å². The second-order valence-corrected chi connectivity index (χ2v) is 12.2. The molecule has 40 heavy (non-hydrogen) atoms. The molecule has 9 heteroatoms. The summed E-state index contributed by atoms with van der Waals surface area (Å²) in [7, 11) is -3.88. The van der Waals surface area contributed by atoms with Crippen LogP contribution in [0.5, 0.6) is 0 Å². The molecule has 0 unspecified atom stereocenters. The highest BCUT2D eigenvalue weighted by molar-refractivity contribution is 7.92. The predicted molar refractivity (Wildman–Crippen MR) is 159 cm³/mol. The maximum atomic E-state index is 13.5. The maximum Gasteiger partial charge on any atom is 0.264 e. The van der Waals surface area contributed by atoms with E-state index in [2.05, 4.69) is 25.7 Å². The molecule has 2 aliphatic rings. The first-order valence-corrected chi connectivity index (χ1v) is 15.6. The summed E-state index contributed by atoms with van der Waals surface area (Å²) in [6.07, 6.45) is 10.9. The van der Waals surface area contributed by atoms with Crippen molar-refractivity contribution in [3.05, 3.63) is 83.7 Å². The number of sulfonamides is 1. The van der Waals surface area contributed by atoms with Gasteiger partial charge in [-0.3, -0.25) is 24.4 Å². The molecule has 3 aromatic rings. The van der Waals surface area contributed by atoms with E-state index in [1.807, 2.05) is 29.3 Å². The number of piperazine rings is 1. The molecule has 0 bridgehead atoms. The van der Waals surface area contributed by atoms with E-state index >= 15 is 0 Å². The van der Waals surface area contributed by atoms with Crippen LogP contribution in [0.15, 0.2) is 76.9 Å². The number of benzene rings is 2. The number of para-hydroxylation sites is 1. The number of rotatable bonds is 8. The van der Waals surface area contributed by atoms with Crippen molar-refractivity contribution in [1.29, 1.82) is 0 Å². The van der Waals surface area contributed by atoms with Crippen LogP contribution in [0.1, 0.15) is 66.4 Å². The fourth-order valence-electron chi connectivity index (χ4n) is 5.70. The Morgan fingerprint density at radius 1 is 1.00 bits per heavy atom. The van der Waals surface area contributed by atoms with Gasteiger partial charge in [-0.2, -0.15) is 0 Å². The van der Waals surface area contributed by atoms with Gasteiger partial charge < -0.3 is 4.90 Å². The van der Waals surface area contributed by atoms with Crippen molar-refractivity contribution >= 4 is 33.5 Å². The minimum absolute atomic E-state index is 0.0461. The normalized spacial score (nSPS) is 17.3. The van der Waals surface area contributed by atoms with Crippen LogP contribution in [0.25, 0.3) is 0 Å². The molecule has 1 N–H and O–H groups in total. The average molecular weight is 560 g/mol. The first kappa shape index (κ1) is 28.0. The minimum atomic E-state index is -3.88. The van der Waals surface area contributed by atoms with Crippen LogP contribution in [-0.4, -0.2) is 61.5 Å². The second kappa shape index (κ2) is 12.7. The molecule has 1 amide bonds. The molecule has 1 saturated carbocycles. The Labute approximate surface area is 237 Å². The van der Waals surface area contributed by atoms with Crippen LogP contribution in [0.4, 0.5) is 11.4 Å². The molecule has 0 radical (unpaired) electrons. The lowest BCUT2D eigenvalue weighted by molar-refractivity contribution is 0.0628. The highest BCUT2D eigenvalue weighted by Gasteiger charge is 2.26. The van der Waals surface area contributed by atoms with Crippen molar-refractivity contribution in [2.45, 2.75) is 56.4 Å². The number of nitrogens with one attached hydrogen (secondary N) is 1. The lowest BCUT2D eigenvalue weighted by atomic mass is 9.83. The number of carbonyl (C=O) groups excluding carboxylic acids is 1. The third-order valence-electron chi connectivity index (χ3n) is 7.80. The minimum Gasteiger partial charge on any atom is -0.336 e. The standard InChI is InChI=1S/C31H37N5O3S/c1-2-33-30-28(25-9-4-3-5-10-25)11-6-12-29(30)40(38,39)34-27-15-13-26(14-16-27)31(37)36-20-18-35(19-21-36)23-24-8-7-17-32-22-24/h2,6-8,11-17,22,25,34H,3-5,9-10,18-21,23H2,1H3/b33-2-. The van der Waals surface area contributed by atoms with Crippen molar-refractivity contribution in [3.8, 4) is 0 Å². The Morgan fingerprint density at radius 2 is 1.75 bits per heavy atom. The highest BCUT2D eigenvalue weighted by Crippen LogP contribution is 2.40. The van der Waals surface area contributed by atoms with E-state index in [1.54, 1.807) is 49.7 Å². The van der Waals surface area contributed by atoms with Gasteiger partial charge in [0.2, 0.25) is 0 Å². The quantitative estimate of drug-likeness (QED) is 0.362. The monoisotopic (exact) mass is 559 g/mol. The molecule has 1 aliphatic heterocycles. The summed E-state index contributed by atoms with van der Waals surface area (Å²) in [4.78, 5) is 26.2. The number of aromatic nitrogens is 1. The van der Waals surface area contributed by atoms with Gasteiger partial charge in [0.05, 0.1) is 5.69 Å². The van der Waals surface area contributed by atoms with Crippen LogP contribution >= 0.6 is 0 Å². The van der Waals surface area contributed by atoms with E-state index in [0.717, 1.165) is 56.4 Å². The molecule has 1 aliphatic carbocycles. The number of amides is 1. The molecule has 8 nitrogen and oxygen atoms in total. The van der Waals surface area contributed by atoms with E-state index in [-0.39, 0.29) is 10.8 Å². The average Bonchev–Trinajstić information content (AvgIpc) is 2.98. The zero-order valence-electron chi connectivity index (χ0n) is 23.0. The Hall–Kier alpha value is -3.56. The predicted octanol–water partition coefficient (Wildman–Crippen LogP) is 5.61. The molecule has 1 saturated heterocycles. The number of anilines is 1. The molecule has 210 valence electrons. The number of aliphatic imine (C=N–C) groups is 1. The van der Waals surface area contributed by atoms with Crippen molar-refractivity contribution in [2.75, 3.05) is 30.9 Å². The third-order valence-corrected chi connectivity index (χ3v) is 9.21. The van der Waals surface area contributed by atoms with Gasteiger partial charge in [-0.1, -0.05) is 37.5 Å². The topological polar surface area (TPSA) is 95.0 Å². The van der Waals surface area contributed by atoms with Crippen molar-refractivity contribution in [1.82, 2.24) is 14.8 Å². The van der Waals surface area contributed by atoms with Crippen molar-refractivity contribution in [3.63, 3.8) is 0 Å². The SMILES string of the molecule is C/C=N\c1c(C2CCCCC2)cccc1S(=O)(=O)Nc1ccc(C(=O)N2CCN(Cc3cccnc3)CC2)cc1. The molecule has 1 aromatic heterocycles. The Kier molecular flexibility index (Phi) is 8.91. The summed E-state index contributed by atoms with van der Waals surface area (Å²) in [5, 5.41) is 0. The molecule has 0 atom stereocenters. The Balaban J connectivity index is 1.24. The molecule has 2 fully saturated rings. The number of carbonyl (C=O) groups is 1. The molecular formula is C31H37N5O3S. The number of hydrogen-bond acceptors (Lipinski definition) is 6. The van der Waals surface area contributed by atoms with Crippen molar-refractivity contribution < 1.29 is 13.2 Å². The van der Waals surface area contributed by atoms with Crippen LogP contribution < -0.4 is 4.72 Å².